The smallest absolute Gasteiger partial charge is 0.264 e. The number of fused-ring (bicyclic) bond motifs is 7. The SMILES string of the molecule is Cc1cc2c3c(c1)N(c1ccc(C(C)(C)C)cc1)c1c(sc4cc5c(cc14)C(C)(C)CCC5(C)C)B3c1ccc(C(C)(C)C)cc1N2c1ccc(C(C)(C)C)cc1. The maximum Gasteiger partial charge on any atom is 0.264 e. The summed E-state index contributed by atoms with van der Waals surface area (Å²) in [4.78, 5) is 5.23. The van der Waals surface area contributed by atoms with Gasteiger partial charge >= 0.3 is 0 Å². The number of nitrogens with zero attached hydrogens (tertiary/aromatic N) is 2. The van der Waals surface area contributed by atoms with E-state index < -0.39 is 0 Å². The predicted octanol–water partition coefficient (Wildman–Crippen LogP) is 13.5. The van der Waals surface area contributed by atoms with E-state index in [1.165, 1.54) is 106 Å². The normalized spacial score (nSPS) is 17.0. The first-order valence-electron chi connectivity index (χ1n) is 21.3. The van der Waals surface area contributed by atoms with Gasteiger partial charge in [-0.15, -0.1) is 11.3 Å². The summed E-state index contributed by atoms with van der Waals surface area (Å²) in [7, 11) is 0. The van der Waals surface area contributed by atoms with E-state index in [0.717, 1.165) is 0 Å². The maximum atomic E-state index is 2.64. The van der Waals surface area contributed by atoms with E-state index in [0.29, 0.717) is 0 Å². The van der Waals surface area contributed by atoms with Crippen molar-refractivity contribution < 1.29 is 0 Å². The third-order valence-corrected chi connectivity index (χ3v) is 14.8. The summed E-state index contributed by atoms with van der Waals surface area (Å²) < 4.78 is 2.85. The van der Waals surface area contributed by atoms with Crippen molar-refractivity contribution in [3.63, 3.8) is 0 Å². The van der Waals surface area contributed by atoms with Gasteiger partial charge in [-0.25, -0.2) is 0 Å². The molecule has 3 heterocycles. The Morgan fingerprint density at radius 3 is 1.54 bits per heavy atom. The Morgan fingerprint density at radius 1 is 0.544 bits per heavy atom. The number of hydrogen-bond donors (Lipinski definition) is 0. The minimum Gasteiger partial charge on any atom is -0.311 e. The van der Waals surface area contributed by atoms with Crippen molar-refractivity contribution in [1.29, 1.82) is 0 Å². The molecule has 0 atom stereocenters. The van der Waals surface area contributed by atoms with Crippen molar-refractivity contribution in [2.24, 2.45) is 0 Å². The highest BCUT2D eigenvalue weighted by atomic mass is 32.1. The summed E-state index contributed by atoms with van der Waals surface area (Å²) >= 11 is 2.04. The summed E-state index contributed by atoms with van der Waals surface area (Å²) in [6, 6.07) is 36.4. The monoisotopic (exact) mass is 768 g/mol. The summed E-state index contributed by atoms with van der Waals surface area (Å²) in [5.74, 6) is 0. The molecule has 3 aliphatic rings. The molecule has 0 amide bonds. The first kappa shape index (κ1) is 38.3. The topological polar surface area (TPSA) is 6.48 Å². The van der Waals surface area contributed by atoms with E-state index in [4.69, 9.17) is 0 Å². The zero-order chi connectivity index (χ0) is 40.8. The van der Waals surface area contributed by atoms with Gasteiger partial charge in [0.05, 0.1) is 5.69 Å². The van der Waals surface area contributed by atoms with Crippen molar-refractivity contribution in [3.8, 4) is 0 Å². The van der Waals surface area contributed by atoms with Crippen LogP contribution in [0.4, 0.5) is 34.1 Å². The Hall–Kier alpha value is -4.28. The summed E-state index contributed by atoms with van der Waals surface area (Å²) in [5, 5.41) is 1.39. The number of hydrogen-bond acceptors (Lipinski definition) is 3. The summed E-state index contributed by atoms with van der Waals surface area (Å²) in [6.07, 6.45) is 2.41. The number of benzene rings is 5. The fourth-order valence-electron chi connectivity index (χ4n) is 9.91. The van der Waals surface area contributed by atoms with Gasteiger partial charge in [0.1, 0.15) is 0 Å². The minimum absolute atomic E-state index is 0.0128. The van der Waals surface area contributed by atoms with E-state index in [2.05, 4.69) is 198 Å². The Balaban J connectivity index is 1.39. The molecule has 0 radical (unpaired) electrons. The zero-order valence-electron chi connectivity index (χ0n) is 37.0. The van der Waals surface area contributed by atoms with Gasteiger partial charge < -0.3 is 9.80 Å². The molecule has 0 bridgehead atoms. The van der Waals surface area contributed by atoms with Gasteiger partial charge in [0.15, 0.2) is 0 Å². The lowest BCUT2D eigenvalue weighted by Gasteiger charge is -2.44. The fraction of sp³-hybridized carbons (Fsp3) is 0.396. The van der Waals surface area contributed by atoms with Gasteiger partial charge in [0.2, 0.25) is 0 Å². The van der Waals surface area contributed by atoms with Crippen molar-refractivity contribution >= 4 is 78.0 Å². The van der Waals surface area contributed by atoms with Crippen LogP contribution in [0.25, 0.3) is 10.1 Å². The van der Waals surface area contributed by atoms with Crippen LogP contribution in [0.5, 0.6) is 0 Å². The number of thiophene rings is 1. The number of anilines is 6. The lowest BCUT2D eigenvalue weighted by molar-refractivity contribution is 0.332. The second-order valence-corrected chi connectivity index (χ2v) is 23.0. The predicted molar refractivity (Wildman–Crippen MR) is 252 cm³/mol. The molecule has 9 rings (SSSR count). The largest absolute Gasteiger partial charge is 0.311 e. The summed E-state index contributed by atoms with van der Waals surface area (Å²) in [5.41, 5.74) is 19.3. The van der Waals surface area contributed by atoms with Crippen molar-refractivity contribution in [3.05, 3.63) is 124 Å². The average Bonchev–Trinajstić information content (AvgIpc) is 3.50. The molecule has 4 heteroatoms. The van der Waals surface area contributed by atoms with E-state index in [-0.39, 0.29) is 33.8 Å². The fourth-order valence-corrected chi connectivity index (χ4v) is 11.2. The molecule has 1 aliphatic carbocycles. The molecule has 0 fully saturated rings. The van der Waals surface area contributed by atoms with E-state index in [1.54, 1.807) is 0 Å². The molecule has 5 aromatic carbocycles. The van der Waals surface area contributed by atoms with E-state index >= 15 is 0 Å². The highest BCUT2D eigenvalue weighted by Gasteiger charge is 2.46. The van der Waals surface area contributed by atoms with E-state index in [9.17, 15) is 0 Å². The van der Waals surface area contributed by atoms with Gasteiger partial charge in [-0.3, -0.25) is 0 Å². The molecule has 0 saturated carbocycles. The minimum atomic E-state index is 0.0128. The van der Waals surface area contributed by atoms with Gasteiger partial charge in [-0.2, -0.15) is 0 Å². The van der Waals surface area contributed by atoms with Crippen LogP contribution in [0.1, 0.15) is 136 Å². The Labute approximate surface area is 347 Å². The molecule has 292 valence electrons. The second kappa shape index (κ2) is 12.4. The Kier molecular flexibility index (Phi) is 8.30. The first-order valence-corrected chi connectivity index (χ1v) is 22.1. The van der Waals surface area contributed by atoms with Gasteiger partial charge in [0.25, 0.3) is 6.71 Å². The quantitative estimate of drug-likeness (QED) is 0.162. The van der Waals surface area contributed by atoms with Crippen LogP contribution in [0.3, 0.4) is 0 Å². The standard InChI is InChI=1S/C53H61BN2S/c1-32-27-43-46-44(28-32)56(37-22-17-34(18-23-37)50(5,6)7)47-38-30-39-40(53(13,14)26-25-52(39,11)12)31-45(38)57-48(47)54(46)41-24-19-35(51(8,9)10)29-42(41)55(43)36-20-15-33(16-21-36)49(2,3)4/h15-24,27-31H,25-26H2,1-14H3. The van der Waals surface area contributed by atoms with Crippen LogP contribution in [0, 0.1) is 6.92 Å². The Bertz CT molecular complexity index is 2580. The van der Waals surface area contributed by atoms with Gasteiger partial charge in [0, 0.05) is 43.3 Å². The zero-order valence-corrected chi connectivity index (χ0v) is 37.8. The molecular weight excluding hydrogens is 707 g/mol. The lowest BCUT2D eigenvalue weighted by Crippen LogP contribution is -2.60. The summed E-state index contributed by atoms with van der Waals surface area (Å²) in [6.45, 7) is 33.1. The van der Waals surface area contributed by atoms with E-state index in [1.807, 2.05) is 11.3 Å². The highest BCUT2D eigenvalue weighted by Crippen LogP contribution is 2.53. The third kappa shape index (κ3) is 6.02. The van der Waals surface area contributed by atoms with Crippen molar-refractivity contribution in [2.75, 3.05) is 9.80 Å². The van der Waals surface area contributed by atoms with Crippen LogP contribution in [0.15, 0.2) is 91.0 Å². The molecule has 2 aliphatic heterocycles. The average molecular weight is 769 g/mol. The molecule has 1 aromatic heterocycles. The lowest BCUT2D eigenvalue weighted by atomic mass is 9.36. The van der Waals surface area contributed by atoms with Crippen LogP contribution in [-0.4, -0.2) is 6.71 Å². The molecule has 57 heavy (non-hydrogen) atoms. The molecule has 0 saturated heterocycles. The van der Waals surface area contributed by atoms with Gasteiger partial charge in [-0.1, -0.05) is 126 Å². The van der Waals surface area contributed by atoms with Crippen LogP contribution in [0.2, 0.25) is 0 Å². The number of rotatable bonds is 2. The highest BCUT2D eigenvalue weighted by molar-refractivity contribution is 7.33. The number of aryl methyl sites for hydroxylation is 1. The maximum absolute atomic E-state index is 2.64. The van der Waals surface area contributed by atoms with Crippen LogP contribution >= 0.6 is 11.3 Å². The molecular formula is C53H61BN2S. The van der Waals surface area contributed by atoms with Crippen LogP contribution < -0.4 is 25.5 Å². The van der Waals surface area contributed by atoms with Crippen molar-refractivity contribution in [2.45, 2.75) is 137 Å². The first-order chi connectivity index (χ1) is 26.5. The molecule has 2 nitrogen and oxygen atoms in total. The van der Waals surface area contributed by atoms with Crippen molar-refractivity contribution in [1.82, 2.24) is 0 Å². The Morgan fingerprint density at radius 2 is 1.02 bits per heavy atom. The van der Waals surface area contributed by atoms with Gasteiger partial charge in [-0.05, 0) is 146 Å². The van der Waals surface area contributed by atoms with Crippen LogP contribution in [-0.2, 0) is 27.1 Å². The third-order valence-electron chi connectivity index (χ3n) is 13.6. The molecule has 0 unspecified atom stereocenters. The second-order valence-electron chi connectivity index (χ2n) is 21.9. The molecule has 6 aromatic rings. The molecule has 0 spiro atoms. The molecule has 0 N–H and O–H groups in total.